The van der Waals surface area contributed by atoms with Gasteiger partial charge in [-0.15, -0.1) is 0 Å². The SMILES string of the molecule is CC.Cc1nc(N)c(C)c(C)c1C(F)(F)F. The van der Waals surface area contributed by atoms with Crippen LogP contribution in [0.1, 0.15) is 36.2 Å². The summed E-state index contributed by atoms with van der Waals surface area (Å²) in [4.78, 5) is 3.66. The molecule has 0 saturated carbocycles. The molecule has 5 heteroatoms. The zero-order valence-electron chi connectivity index (χ0n) is 10.2. The van der Waals surface area contributed by atoms with Crippen molar-refractivity contribution in [1.82, 2.24) is 4.98 Å². The first kappa shape index (κ1) is 14.7. The predicted molar refractivity (Wildman–Crippen MR) is 59.2 cm³/mol. The van der Waals surface area contributed by atoms with Crippen LogP contribution in [0.25, 0.3) is 0 Å². The Morgan fingerprint density at radius 3 is 1.81 bits per heavy atom. The lowest BCUT2D eigenvalue weighted by molar-refractivity contribution is -0.138. The third-order valence-corrected chi connectivity index (χ3v) is 2.26. The van der Waals surface area contributed by atoms with Crippen molar-refractivity contribution in [3.63, 3.8) is 0 Å². The molecule has 0 radical (unpaired) electrons. The molecule has 0 bridgehead atoms. The minimum atomic E-state index is -4.36. The molecule has 92 valence electrons. The highest BCUT2D eigenvalue weighted by Gasteiger charge is 2.35. The number of hydrogen-bond donors (Lipinski definition) is 1. The summed E-state index contributed by atoms with van der Waals surface area (Å²) in [5.41, 5.74) is 5.25. The highest BCUT2D eigenvalue weighted by atomic mass is 19.4. The number of hydrogen-bond acceptors (Lipinski definition) is 2. The van der Waals surface area contributed by atoms with Gasteiger partial charge < -0.3 is 5.73 Å². The Morgan fingerprint density at radius 1 is 1.00 bits per heavy atom. The molecule has 0 aliphatic carbocycles. The minimum Gasteiger partial charge on any atom is -0.383 e. The van der Waals surface area contributed by atoms with Crippen molar-refractivity contribution in [3.05, 3.63) is 22.4 Å². The fraction of sp³-hybridized carbons (Fsp3) is 0.545. The van der Waals surface area contributed by atoms with Gasteiger partial charge in [-0.1, -0.05) is 13.8 Å². The molecule has 0 aromatic carbocycles. The van der Waals surface area contributed by atoms with E-state index in [1.54, 1.807) is 0 Å². The molecule has 2 N–H and O–H groups in total. The molecule has 0 atom stereocenters. The Labute approximate surface area is 93.7 Å². The van der Waals surface area contributed by atoms with E-state index < -0.39 is 11.7 Å². The number of alkyl halides is 3. The molecule has 0 amide bonds. The standard InChI is InChI=1S/C9H11F3N2.C2H6/c1-4-5(2)8(13)14-6(3)7(4)9(10,11)12;1-2/h1-3H3,(H2,13,14);1-2H3. The molecule has 0 fully saturated rings. The molecule has 0 spiro atoms. The first-order valence-electron chi connectivity index (χ1n) is 5.05. The fourth-order valence-corrected chi connectivity index (χ4v) is 1.39. The van der Waals surface area contributed by atoms with Gasteiger partial charge in [-0.2, -0.15) is 13.2 Å². The van der Waals surface area contributed by atoms with Gasteiger partial charge in [0.1, 0.15) is 5.82 Å². The number of rotatable bonds is 0. The zero-order chi connectivity index (χ0) is 13.1. The van der Waals surface area contributed by atoms with Crippen molar-refractivity contribution in [2.75, 3.05) is 5.73 Å². The quantitative estimate of drug-likeness (QED) is 0.744. The molecular formula is C11H17F3N2. The summed E-state index contributed by atoms with van der Waals surface area (Å²) in [6.45, 7) is 8.25. The van der Waals surface area contributed by atoms with Crippen LogP contribution in [0.3, 0.4) is 0 Å². The molecular weight excluding hydrogens is 217 g/mol. The minimum absolute atomic E-state index is 0.0712. The Kier molecular flexibility index (Phi) is 4.78. The average molecular weight is 234 g/mol. The lowest BCUT2D eigenvalue weighted by atomic mass is 10.0. The van der Waals surface area contributed by atoms with Gasteiger partial charge in [-0.25, -0.2) is 4.98 Å². The molecule has 0 aliphatic heterocycles. The van der Waals surface area contributed by atoms with E-state index in [1.807, 2.05) is 13.8 Å². The Balaban J connectivity index is 0.00000106. The number of nitrogen functional groups attached to an aromatic ring is 1. The highest BCUT2D eigenvalue weighted by molar-refractivity contribution is 5.49. The summed E-state index contributed by atoms with van der Waals surface area (Å²) in [6.07, 6.45) is -4.36. The largest absolute Gasteiger partial charge is 0.418 e. The number of halogens is 3. The van der Waals surface area contributed by atoms with Crippen LogP contribution < -0.4 is 5.73 Å². The van der Waals surface area contributed by atoms with Crippen molar-refractivity contribution in [2.45, 2.75) is 40.8 Å². The van der Waals surface area contributed by atoms with Crippen molar-refractivity contribution >= 4 is 5.82 Å². The first-order valence-corrected chi connectivity index (χ1v) is 5.05. The molecule has 1 rings (SSSR count). The predicted octanol–water partition coefficient (Wildman–Crippen LogP) is 3.63. The second kappa shape index (κ2) is 5.18. The summed E-state index contributed by atoms with van der Waals surface area (Å²) in [5, 5.41) is 0. The smallest absolute Gasteiger partial charge is 0.383 e. The number of anilines is 1. The topological polar surface area (TPSA) is 38.9 Å². The molecule has 1 heterocycles. The fourth-order valence-electron chi connectivity index (χ4n) is 1.39. The third kappa shape index (κ3) is 2.87. The van der Waals surface area contributed by atoms with Crippen LogP contribution >= 0.6 is 0 Å². The Hall–Kier alpha value is -1.26. The van der Waals surface area contributed by atoms with Gasteiger partial charge in [0.05, 0.1) is 11.3 Å². The molecule has 0 saturated heterocycles. The van der Waals surface area contributed by atoms with Crippen molar-refractivity contribution in [3.8, 4) is 0 Å². The van der Waals surface area contributed by atoms with E-state index in [0.717, 1.165) is 0 Å². The van der Waals surface area contributed by atoms with Crippen LogP contribution in [0.5, 0.6) is 0 Å². The number of pyridine rings is 1. The van der Waals surface area contributed by atoms with Crippen LogP contribution in [-0.2, 0) is 6.18 Å². The van der Waals surface area contributed by atoms with Crippen molar-refractivity contribution in [1.29, 1.82) is 0 Å². The van der Waals surface area contributed by atoms with Crippen molar-refractivity contribution < 1.29 is 13.2 Å². The van der Waals surface area contributed by atoms with Gasteiger partial charge in [0.2, 0.25) is 0 Å². The maximum absolute atomic E-state index is 12.5. The van der Waals surface area contributed by atoms with E-state index in [2.05, 4.69) is 4.98 Å². The normalized spacial score (nSPS) is 10.8. The van der Waals surface area contributed by atoms with Crippen LogP contribution in [0.15, 0.2) is 0 Å². The van der Waals surface area contributed by atoms with Gasteiger partial charge >= 0.3 is 6.18 Å². The number of nitrogens with two attached hydrogens (primary N) is 1. The van der Waals surface area contributed by atoms with Crippen LogP contribution in [0.2, 0.25) is 0 Å². The molecule has 16 heavy (non-hydrogen) atoms. The van der Waals surface area contributed by atoms with Crippen LogP contribution in [-0.4, -0.2) is 4.98 Å². The monoisotopic (exact) mass is 234 g/mol. The van der Waals surface area contributed by atoms with Gasteiger partial charge in [0, 0.05) is 0 Å². The highest BCUT2D eigenvalue weighted by Crippen LogP contribution is 2.35. The molecule has 0 aliphatic rings. The molecule has 2 nitrogen and oxygen atoms in total. The third-order valence-electron chi connectivity index (χ3n) is 2.26. The van der Waals surface area contributed by atoms with E-state index in [0.29, 0.717) is 5.56 Å². The van der Waals surface area contributed by atoms with Crippen LogP contribution in [0.4, 0.5) is 19.0 Å². The van der Waals surface area contributed by atoms with E-state index in [9.17, 15) is 13.2 Å². The maximum Gasteiger partial charge on any atom is 0.418 e. The Morgan fingerprint density at radius 2 is 1.44 bits per heavy atom. The summed E-state index contributed by atoms with van der Waals surface area (Å²) in [6, 6.07) is 0. The van der Waals surface area contributed by atoms with E-state index >= 15 is 0 Å². The van der Waals surface area contributed by atoms with Gasteiger partial charge in [0.15, 0.2) is 0 Å². The summed E-state index contributed by atoms with van der Waals surface area (Å²) in [7, 11) is 0. The maximum atomic E-state index is 12.5. The lowest BCUT2D eigenvalue weighted by Gasteiger charge is -2.15. The van der Waals surface area contributed by atoms with Gasteiger partial charge in [-0.05, 0) is 31.9 Å². The Bertz CT molecular complexity index is 370. The summed E-state index contributed by atoms with van der Waals surface area (Å²) in [5.74, 6) is 0.160. The molecule has 1 aromatic rings. The van der Waals surface area contributed by atoms with Gasteiger partial charge in [-0.3, -0.25) is 0 Å². The number of aryl methyl sites for hydroxylation is 1. The van der Waals surface area contributed by atoms with E-state index in [4.69, 9.17) is 5.73 Å². The second-order valence-electron chi connectivity index (χ2n) is 3.21. The lowest BCUT2D eigenvalue weighted by Crippen LogP contribution is -2.14. The zero-order valence-corrected chi connectivity index (χ0v) is 10.2. The van der Waals surface area contributed by atoms with E-state index in [1.165, 1.54) is 20.8 Å². The molecule has 1 aromatic heterocycles. The molecule has 0 unspecified atom stereocenters. The number of aromatic nitrogens is 1. The van der Waals surface area contributed by atoms with E-state index in [-0.39, 0.29) is 17.1 Å². The van der Waals surface area contributed by atoms with Gasteiger partial charge in [0.25, 0.3) is 0 Å². The van der Waals surface area contributed by atoms with Crippen LogP contribution in [0, 0.1) is 20.8 Å². The average Bonchev–Trinajstić information content (AvgIpc) is 2.15. The first-order chi connectivity index (χ1) is 7.25. The summed E-state index contributed by atoms with van der Waals surface area (Å²) < 4.78 is 37.6. The second-order valence-corrected chi connectivity index (χ2v) is 3.21. The summed E-state index contributed by atoms with van der Waals surface area (Å²) >= 11 is 0. The number of nitrogens with zero attached hydrogens (tertiary/aromatic N) is 1. The van der Waals surface area contributed by atoms with Crippen molar-refractivity contribution in [2.24, 2.45) is 0 Å².